The summed E-state index contributed by atoms with van der Waals surface area (Å²) in [5, 5.41) is 37.0. The summed E-state index contributed by atoms with van der Waals surface area (Å²) in [6.07, 6.45) is -7.95. The van der Waals surface area contributed by atoms with Crippen LogP contribution in [-0.4, -0.2) is 63.2 Å². The van der Waals surface area contributed by atoms with Crippen LogP contribution in [0, 0.1) is 0 Å². The summed E-state index contributed by atoms with van der Waals surface area (Å²) in [5.74, 6) is -1.42. The number of carboxylic acids is 1. The highest BCUT2D eigenvalue weighted by Crippen LogP contribution is 2.23. The molecule has 0 aromatic rings. The lowest BCUT2D eigenvalue weighted by Gasteiger charge is -2.39. The minimum absolute atomic E-state index is 0.309. The van der Waals surface area contributed by atoms with Crippen molar-refractivity contribution >= 4 is 5.97 Å². The van der Waals surface area contributed by atoms with Gasteiger partial charge in [-0.1, -0.05) is 0 Å². The number of ether oxygens (including phenoxy) is 2. The highest BCUT2D eigenvalue weighted by Gasteiger charge is 2.47. The zero-order chi connectivity index (χ0) is 12.5. The molecule has 1 unspecified atom stereocenters. The number of carboxylic acid groups (broad SMARTS) is 1. The number of hydrogen-bond acceptors (Lipinski definition) is 6. The molecule has 0 spiro atoms. The van der Waals surface area contributed by atoms with Gasteiger partial charge in [-0.05, 0) is 13.8 Å². The van der Waals surface area contributed by atoms with Crippen LogP contribution in [0.25, 0.3) is 0 Å². The zero-order valence-electron chi connectivity index (χ0n) is 8.98. The van der Waals surface area contributed by atoms with Crippen molar-refractivity contribution in [3.05, 3.63) is 0 Å². The summed E-state index contributed by atoms with van der Waals surface area (Å²) in [5.41, 5.74) is 0. The van der Waals surface area contributed by atoms with Crippen LogP contribution in [0.3, 0.4) is 0 Å². The van der Waals surface area contributed by atoms with Crippen molar-refractivity contribution in [2.75, 3.05) is 0 Å². The maximum Gasteiger partial charge on any atom is 0.335 e. The molecular weight excluding hydrogens is 220 g/mol. The Kier molecular flexibility index (Phi) is 4.22. The third kappa shape index (κ3) is 2.69. The van der Waals surface area contributed by atoms with Gasteiger partial charge in [0.2, 0.25) is 0 Å². The van der Waals surface area contributed by atoms with E-state index in [1.165, 1.54) is 0 Å². The van der Waals surface area contributed by atoms with Crippen molar-refractivity contribution in [3.63, 3.8) is 0 Å². The quantitative estimate of drug-likeness (QED) is 0.461. The smallest absolute Gasteiger partial charge is 0.335 e. The summed E-state index contributed by atoms with van der Waals surface area (Å²) in [7, 11) is 0. The first kappa shape index (κ1) is 13.3. The molecule has 1 fully saturated rings. The molecule has 4 N–H and O–H groups in total. The second-order valence-electron chi connectivity index (χ2n) is 3.92. The van der Waals surface area contributed by atoms with Crippen molar-refractivity contribution in [1.29, 1.82) is 0 Å². The van der Waals surface area contributed by atoms with Gasteiger partial charge in [-0.3, -0.25) is 0 Å². The predicted octanol–water partition coefficient (Wildman–Crippen LogP) is -1.70. The molecule has 0 saturated carbocycles. The molecule has 0 aromatic heterocycles. The van der Waals surface area contributed by atoms with Crippen LogP contribution in [0.4, 0.5) is 0 Å². The van der Waals surface area contributed by atoms with Gasteiger partial charge in [-0.25, -0.2) is 4.79 Å². The molecule has 0 radical (unpaired) electrons. The molecule has 7 heteroatoms. The molecule has 0 aliphatic carbocycles. The van der Waals surface area contributed by atoms with Gasteiger partial charge < -0.3 is 29.9 Å². The Labute approximate surface area is 92.2 Å². The minimum Gasteiger partial charge on any atom is -0.479 e. The van der Waals surface area contributed by atoms with Crippen molar-refractivity contribution in [3.8, 4) is 0 Å². The molecule has 1 aliphatic rings. The van der Waals surface area contributed by atoms with Gasteiger partial charge in [-0.15, -0.1) is 0 Å². The molecule has 7 nitrogen and oxygen atoms in total. The molecular formula is C9H16O7. The van der Waals surface area contributed by atoms with Gasteiger partial charge in [0, 0.05) is 0 Å². The van der Waals surface area contributed by atoms with Crippen molar-refractivity contribution in [2.24, 2.45) is 0 Å². The lowest BCUT2D eigenvalue weighted by Crippen LogP contribution is -2.60. The molecule has 1 aliphatic heterocycles. The first-order chi connectivity index (χ1) is 7.34. The summed E-state index contributed by atoms with van der Waals surface area (Å²) in [6, 6.07) is 0. The summed E-state index contributed by atoms with van der Waals surface area (Å²) in [6.45, 7) is 3.34. The van der Waals surface area contributed by atoms with E-state index in [9.17, 15) is 20.1 Å². The van der Waals surface area contributed by atoms with Crippen LogP contribution in [-0.2, 0) is 14.3 Å². The predicted molar refractivity (Wildman–Crippen MR) is 50.5 cm³/mol. The van der Waals surface area contributed by atoms with Gasteiger partial charge in [0.25, 0.3) is 0 Å². The van der Waals surface area contributed by atoms with E-state index in [1.807, 2.05) is 0 Å². The fourth-order valence-electron chi connectivity index (χ4n) is 1.43. The molecule has 0 bridgehead atoms. The third-order valence-electron chi connectivity index (χ3n) is 2.22. The highest BCUT2D eigenvalue weighted by atomic mass is 16.7. The number of carbonyl (C=O) groups is 1. The largest absolute Gasteiger partial charge is 0.479 e. The van der Waals surface area contributed by atoms with Crippen LogP contribution in [0.1, 0.15) is 13.8 Å². The van der Waals surface area contributed by atoms with Gasteiger partial charge >= 0.3 is 5.97 Å². The Morgan fingerprint density at radius 3 is 2.19 bits per heavy atom. The number of rotatable bonds is 3. The molecule has 0 amide bonds. The Morgan fingerprint density at radius 2 is 1.75 bits per heavy atom. The van der Waals surface area contributed by atoms with E-state index in [1.54, 1.807) is 13.8 Å². The van der Waals surface area contributed by atoms with Crippen molar-refractivity contribution in [1.82, 2.24) is 0 Å². The second kappa shape index (κ2) is 5.07. The normalized spacial score (nSPS) is 40.0. The number of aliphatic hydroxyl groups is 3. The van der Waals surface area contributed by atoms with E-state index in [4.69, 9.17) is 14.6 Å². The lowest BCUT2D eigenvalue weighted by molar-refractivity contribution is -0.301. The molecule has 1 saturated heterocycles. The molecule has 5 atom stereocenters. The first-order valence-corrected chi connectivity index (χ1v) is 4.92. The van der Waals surface area contributed by atoms with E-state index in [2.05, 4.69) is 0 Å². The zero-order valence-corrected chi connectivity index (χ0v) is 8.98. The average Bonchev–Trinajstić information content (AvgIpc) is 2.18. The van der Waals surface area contributed by atoms with E-state index < -0.39 is 36.7 Å². The van der Waals surface area contributed by atoms with Crippen LogP contribution in [0.15, 0.2) is 0 Å². The Bertz CT molecular complexity index is 254. The first-order valence-electron chi connectivity index (χ1n) is 4.92. The summed E-state index contributed by atoms with van der Waals surface area (Å²) >= 11 is 0. The van der Waals surface area contributed by atoms with Crippen LogP contribution < -0.4 is 0 Å². The standard InChI is InChI=1S/C9H16O7/c1-3(2)15-9-6(12)4(10)5(11)7(16-9)8(13)14/h3-7,9-12H,1-2H3,(H,13,14)/t4-,5-,6+,7?,9+/m0/s1. The minimum atomic E-state index is -1.68. The van der Waals surface area contributed by atoms with E-state index in [0.29, 0.717) is 0 Å². The fraction of sp³-hybridized carbons (Fsp3) is 0.889. The second-order valence-corrected chi connectivity index (χ2v) is 3.92. The lowest BCUT2D eigenvalue weighted by atomic mass is 9.99. The number of aliphatic hydroxyl groups excluding tert-OH is 3. The fourth-order valence-corrected chi connectivity index (χ4v) is 1.43. The maximum atomic E-state index is 10.7. The molecule has 0 aromatic carbocycles. The summed E-state index contributed by atoms with van der Waals surface area (Å²) < 4.78 is 9.97. The van der Waals surface area contributed by atoms with Gasteiger partial charge in [0.1, 0.15) is 18.3 Å². The third-order valence-corrected chi connectivity index (χ3v) is 2.22. The van der Waals surface area contributed by atoms with Crippen LogP contribution in [0.5, 0.6) is 0 Å². The Morgan fingerprint density at radius 1 is 1.19 bits per heavy atom. The Hall–Kier alpha value is -0.730. The average molecular weight is 236 g/mol. The van der Waals surface area contributed by atoms with E-state index in [-0.39, 0.29) is 6.10 Å². The van der Waals surface area contributed by atoms with Crippen molar-refractivity contribution < 1.29 is 34.7 Å². The topological polar surface area (TPSA) is 116 Å². The SMILES string of the molecule is CC(C)O[C@@H]1OC(C(=O)O)[C@@H](O)[C@H](O)[C@H]1O. The van der Waals surface area contributed by atoms with Crippen LogP contribution in [0.2, 0.25) is 0 Å². The van der Waals surface area contributed by atoms with Crippen LogP contribution >= 0.6 is 0 Å². The van der Waals surface area contributed by atoms with Crippen molar-refractivity contribution in [2.45, 2.75) is 50.7 Å². The molecule has 16 heavy (non-hydrogen) atoms. The van der Waals surface area contributed by atoms with E-state index in [0.717, 1.165) is 0 Å². The molecule has 94 valence electrons. The highest BCUT2D eigenvalue weighted by molar-refractivity contribution is 5.73. The number of aliphatic carboxylic acids is 1. The Balaban J connectivity index is 2.77. The molecule has 1 heterocycles. The monoisotopic (exact) mass is 236 g/mol. The summed E-state index contributed by atoms with van der Waals surface area (Å²) in [4.78, 5) is 10.7. The maximum absolute atomic E-state index is 10.7. The van der Waals surface area contributed by atoms with Gasteiger partial charge in [-0.2, -0.15) is 0 Å². The van der Waals surface area contributed by atoms with Gasteiger partial charge in [0.05, 0.1) is 6.10 Å². The number of hydrogen-bond donors (Lipinski definition) is 4. The molecule has 1 rings (SSSR count). The van der Waals surface area contributed by atoms with E-state index >= 15 is 0 Å². The van der Waals surface area contributed by atoms with Gasteiger partial charge in [0.15, 0.2) is 12.4 Å².